The van der Waals surface area contributed by atoms with Crippen LogP contribution in [-0.2, 0) is 0 Å². The molecule has 0 aliphatic heterocycles. The van der Waals surface area contributed by atoms with E-state index in [1.165, 1.54) is 24.7 Å². The highest BCUT2D eigenvalue weighted by atomic mass is 35.5. The Morgan fingerprint density at radius 1 is 1.18 bits per heavy atom. The lowest BCUT2D eigenvalue weighted by molar-refractivity contribution is 0.102. The second-order valence-corrected chi connectivity index (χ2v) is 3.61. The van der Waals surface area contributed by atoms with Gasteiger partial charge in [-0.3, -0.25) is 4.79 Å². The average molecular weight is 270 g/mol. The van der Waals surface area contributed by atoms with E-state index in [0.717, 1.165) is 0 Å². The van der Waals surface area contributed by atoms with Crippen molar-refractivity contribution in [1.82, 2.24) is 19.9 Å². The summed E-state index contributed by atoms with van der Waals surface area (Å²) in [6.45, 7) is 0. The predicted octanol–water partition coefficient (Wildman–Crippen LogP) is 1.83. The molecule has 0 spiro atoms. The molecule has 2 heterocycles. The van der Waals surface area contributed by atoms with Gasteiger partial charge >= 0.3 is 0 Å². The smallest absolute Gasteiger partial charge is 0.277 e. The molecule has 6 nitrogen and oxygen atoms in total. The summed E-state index contributed by atoms with van der Waals surface area (Å²) in [5.41, 5.74) is 0.129. The van der Waals surface area contributed by atoms with E-state index < -0.39 is 5.91 Å². The van der Waals surface area contributed by atoms with Crippen LogP contribution in [0.3, 0.4) is 0 Å². The van der Waals surface area contributed by atoms with Crippen LogP contribution in [0.25, 0.3) is 0 Å². The molecule has 0 bridgehead atoms. The fourth-order valence-electron chi connectivity index (χ4n) is 1.01. The van der Waals surface area contributed by atoms with E-state index in [-0.39, 0.29) is 21.9 Å². The number of amides is 1. The summed E-state index contributed by atoms with van der Waals surface area (Å²) >= 11 is 11.1. The molecule has 0 radical (unpaired) electrons. The van der Waals surface area contributed by atoms with E-state index in [4.69, 9.17) is 23.2 Å². The van der Waals surface area contributed by atoms with Crippen molar-refractivity contribution < 1.29 is 4.79 Å². The number of nitrogens with one attached hydrogen (secondary N) is 1. The van der Waals surface area contributed by atoms with Gasteiger partial charge in [0, 0.05) is 6.20 Å². The summed E-state index contributed by atoms with van der Waals surface area (Å²) in [6.07, 6.45) is 3.97. The van der Waals surface area contributed by atoms with Gasteiger partial charge in [0.2, 0.25) is 5.28 Å². The maximum Gasteiger partial charge on any atom is 0.277 e. The van der Waals surface area contributed by atoms with E-state index >= 15 is 0 Å². The normalized spacial score (nSPS) is 10.0. The number of nitrogens with zero attached hydrogens (tertiary/aromatic N) is 4. The van der Waals surface area contributed by atoms with E-state index in [1.54, 1.807) is 0 Å². The fraction of sp³-hybridized carbons (Fsp3) is 0. The van der Waals surface area contributed by atoms with E-state index in [9.17, 15) is 4.79 Å². The SMILES string of the molecule is O=C(Nc1ccnc(Cl)n1)c1cnc(Cl)cn1. The Morgan fingerprint density at radius 2 is 2.00 bits per heavy atom. The lowest BCUT2D eigenvalue weighted by Gasteiger charge is -2.02. The van der Waals surface area contributed by atoms with Gasteiger partial charge in [-0.15, -0.1) is 0 Å². The van der Waals surface area contributed by atoms with Crippen molar-refractivity contribution in [2.75, 3.05) is 5.32 Å². The van der Waals surface area contributed by atoms with Crippen LogP contribution in [-0.4, -0.2) is 25.8 Å². The van der Waals surface area contributed by atoms with E-state index in [1.807, 2.05) is 0 Å². The molecular weight excluding hydrogens is 265 g/mol. The molecule has 0 aliphatic rings. The van der Waals surface area contributed by atoms with Gasteiger partial charge in [-0.25, -0.2) is 19.9 Å². The zero-order valence-corrected chi connectivity index (χ0v) is 9.77. The lowest BCUT2D eigenvalue weighted by Crippen LogP contribution is -2.15. The summed E-state index contributed by atoms with van der Waals surface area (Å²) in [4.78, 5) is 26.7. The largest absolute Gasteiger partial charge is 0.305 e. The van der Waals surface area contributed by atoms with Crippen molar-refractivity contribution in [1.29, 1.82) is 0 Å². The molecule has 1 N–H and O–H groups in total. The van der Waals surface area contributed by atoms with Gasteiger partial charge in [0.05, 0.1) is 12.4 Å². The first kappa shape index (κ1) is 11.7. The first-order valence-electron chi connectivity index (χ1n) is 4.42. The average Bonchev–Trinajstić information content (AvgIpc) is 2.29. The summed E-state index contributed by atoms with van der Waals surface area (Å²) in [6, 6.07) is 1.51. The van der Waals surface area contributed by atoms with Crippen molar-refractivity contribution in [2.45, 2.75) is 0 Å². The van der Waals surface area contributed by atoms with Gasteiger partial charge < -0.3 is 5.32 Å². The summed E-state index contributed by atoms with van der Waals surface area (Å²) in [5, 5.41) is 2.76. The maximum atomic E-state index is 11.7. The molecule has 8 heteroatoms. The minimum Gasteiger partial charge on any atom is -0.305 e. The summed E-state index contributed by atoms with van der Waals surface area (Å²) in [5.74, 6) is -0.171. The predicted molar refractivity (Wildman–Crippen MR) is 62.0 cm³/mol. The Morgan fingerprint density at radius 3 is 2.65 bits per heavy atom. The van der Waals surface area contributed by atoms with Crippen LogP contribution in [0.15, 0.2) is 24.7 Å². The minimum atomic E-state index is -0.455. The molecule has 17 heavy (non-hydrogen) atoms. The number of anilines is 1. The Labute approximate surface area is 106 Å². The van der Waals surface area contributed by atoms with Crippen molar-refractivity contribution in [2.24, 2.45) is 0 Å². The van der Waals surface area contributed by atoms with Crippen LogP contribution in [0, 0.1) is 0 Å². The molecule has 1 amide bonds. The molecule has 0 aromatic carbocycles. The third-order valence-electron chi connectivity index (χ3n) is 1.72. The molecule has 0 unspecified atom stereocenters. The molecule has 0 fully saturated rings. The number of hydrogen-bond donors (Lipinski definition) is 1. The number of carbonyl (C=O) groups is 1. The molecule has 86 valence electrons. The molecular formula is C9H5Cl2N5O. The van der Waals surface area contributed by atoms with Crippen LogP contribution in [0.4, 0.5) is 5.82 Å². The quantitative estimate of drug-likeness (QED) is 0.842. The summed E-state index contributed by atoms with van der Waals surface area (Å²) < 4.78 is 0. The first-order chi connectivity index (χ1) is 8.15. The molecule has 0 saturated heterocycles. The maximum absolute atomic E-state index is 11.7. The van der Waals surface area contributed by atoms with Gasteiger partial charge in [0.1, 0.15) is 16.7 Å². The second-order valence-electron chi connectivity index (χ2n) is 2.89. The number of rotatable bonds is 2. The monoisotopic (exact) mass is 269 g/mol. The van der Waals surface area contributed by atoms with Gasteiger partial charge in [-0.2, -0.15) is 0 Å². The standard InChI is InChI=1S/C9H5Cl2N5O/c10-6-4-13-5(3-14-6)8(17)15-7-1-2-12-9(11)16-7/h1-4H,(H,12,15,16,17). The highest BCUT2D eigenvalue weighted by Gasteiger charge is 2.09. The third kappa shape index (κ3) is 3.08. The zero-order chi connectivity index (χ0) is 12.3. The van der Waals surface area contributed by atoms with Gasteiger partial charge in [0.15, 0.2) is 0 Å². The van der Waals surface area contributed by atoms with Crippen LogP contribution < -0.4 is 5.32 Å². The zero-order valence-electron chi connectivity index (χ0n) is 8.26. The molecule has 0 atom stereocenters. The van der Waals surface area contributed by atoms with Gasteiger partial charge in [0.25, 0.3) is 5.91 Å². The number of aromatic nitrogens is 4. The molecule has 0 aliphatic carbocycles. The van der Waals surface area contributed by atoms with E-state index in [2.05, 4.69) is 25.3 Å². The van der Waals surface area contributed by atoms with Crippen LogP contribution in [0.1, 0.15) is 10.5 Å². The highest BCUT2D eigenvalue weighted by molar-refractivity contribution is 6.29. The van der Waals surface area contributed by atoms with Crippen molar-refractivity contribution in [3.8, 4) is 0 Å². The van der Waals surface area contributed by atoms with Gasteiger partial charge in [-0.1, -0.05) is 11.6 Å². The lowest BCUT2D eigenvalue weighted by atomic mass is 10.4. The Kier molecular flexibility index (Phi) is 3.46. The number of halogens is 2. The van der Waals surface area contributed by atoms with Crippen LogP contribution in [0.2, 0.25) is 10.4 Å². The van der Waals surface area contributed by atoms with E-state index in [0.29, 0.717) is 0 Å². The molecule has 2 rings (SSSR count). The highest BCUT2D eigenvalue weighted by Crippen LogP contribution is 2.08. The number of carbonyl (C=O) groups excluding carboxylic acids is 1. The van der Waals surface area contributed by atoms with Crippen LogP contribution >= 0.6 is 23.2 Å². The number of hydrogen-bond acceptors (Lipinski definition) is 5. The Bertz CT molecular complexity index is 545. The van der Waals surface area contributed by atoms with Gasteiger partial charge in [-0.05, 0) is 17.7 Å². The topological polar surface area (TPSA) is 80.7 Å². The van der Waals surface area contributed by atoms with Crippen molar-refractivity contribution in [3.05, 3.63) is 40.8 Å². The minimum absolute atomic E-state index is 0.0463. The second kappa shape index (κ2) is 5.03. The Balaban J connectivity index is 2.14. The third-order valence-corrected chi connectivity index (χ3v) is 2.10. The summed E-state index contributed by atoms with van der Waals surface area (Å²) in [7, 11) is 0. The Hall–Kier alpha value is -1.79. The molecule has 2 aromatic rings. The molecule has 0 saturated carbocycles. The fourth-order valence-corrected chi connectivity index (χ4v) is 1.26. The first-order valence-corrected chi connectivity index (χ1v) is 5.18. The van der Waals surface area contributed by atoms with Crippen molar-refractivity contribution in [3.63, 3.8) is 0 Å². The van der Waals surface area contributed by atoms with Crippen LogP contribution in [0.5, 0.6) is 0 Å². The molecule has 2 aromatic heterocycles. The van der Waals surface area contributed by atoms with Crippen molar-refractivity contribution >= 4 is 34.9 Å².